The number of carbonyl (C=O) groups excluding carboxylic acids is 2. The molecule has 2 amide bonds. The molecule has 2 N–H and O–H groups in total. The molecule has 1 aromatic rings. The van der Waals surface area contributed by atoms with Gasteiger partial charge in [-0.3, -0.25) is 14.5 Å². The summed E-state index contributed by atoms with van der Waals surface area (Å²) >= 11 is 1.55. The van der Waals surface area contributed by atoms with Crippen molar-refractivity contribution in [3.8, 4) is 5.75 Å². The Balaban J connectivity index is 2.17. The highest BCUT2D eigenvalue weighted by Crippen LogP contribution is 2.31. The molecule has 21 heavy (non-hydrogen) atoms. The van der Waals surface area contributed by atoms with E-state index >= 15 is 0 Å². The van der Waals surface area contributed by atoms with Crippen molar-refractivity contribution in [3.05, 3.63) is 30.0 Å². The van der Waals surface area contributed by atoms with Crippen molar-refractivity contribution in [1.29, 1.82) is 0 Å². The van der Waals surface area contributed by atoms with Crippen LogP contribution in [0.3, 0.4) is 0 Å². The quantitative estimate of drug-likeness (QED) is 0.605. The largest absolute Gasteiger partial charge is 0.496 e. The number of nitrogens with zero attached hydrogens (tertiary/aromatic N) is 1. The van der Waals surface area contributed by atoms with Gasteiger partial charge in [0.25, 0.3) is 11.8 Å². The second-order valence-electron chi connectivity index (χ2n) is 4.27. The van der Waals surface area contributed by atoms with Crippen LogP contribution in [0.5, 0.6) is 5.75 Å². The fourth-order valence-corrected chi connectivity index (χ4v) is 2.53. The number of nitrogens with one attached hydrogen (secondary N) is 1. The van der Waals surface area contributed by atoms with Crippen LogP contribution in [0.4, 0.5) is 5.69 Å². The second kappa shape index (κ2) is 6.64. The molecule has 7 heteroatoms. The van der Waals surface area contributed by atoms with Gasteiger partial charge in [0.15, 0.2) is 0 Å². The van der Waals surface area contributed by atoms with Crippen molar-refractivity contribution < 1.29 is 19.4 Å². The maximum atomic E-state index is 12.0. The van der Waals surface area contributed by atoms with Crippen LogP contribution in [-0.4, -0.2) is 48.3 Å². The van der Waals surface area contributed by atoms with Gasteiger partial charge in [0.1, 0.15) is 11.4 Å². The van der Waals surface area contributed by atoms with Crippen LogP contribution in [0.15, 0.2) is 34.9 Å². The number of β-amino-alcohol motifs (C(OH)–C–C–N with tert-alkyl or cyclic N) is 1. The van der Waals surface area contributed by atoms with Crippen molar-refractivity contribution >= 4 is 29.3 Å². The third-order valence-corrected chi connectivity index (χ3v) is 3.77. The topological polar surface area (TPSA) is 78.9 Å². The monoisotopic (exact) mass is 308 g/mol. The van der Waals surface area contributed by atoms with Gasteiger partial charge in [-0.25, -0.2) is 0 Å². The Morgan fingerprint density at radius 1 is 1.38 bits per heavy atom. The van der Waals surface area contributed by atoms with Crippen LogP contribution >= 0.6 is 11.8 Å². The molecule has 0 saturated carbocycles. The number of hydrogen-bond acceptors (Lipinski definition) is 6. The molecule has 0 radical (unpaired) electrons. The molecule has 0 aromatic heterocycles. The van der Waals surface area contributed by atoms with Gasteiger partial charge in [0.2, 0.25) is 0 Å². The van der Waals surface area contributed by atoms with Gasteiger partial charge in [-0.15, -0.1) is 11.8 Å². The number of carbonyl (C=O) groups is 2. The predicted octanol–water partition coefficient (Wildman–Crippen LogP) is 1.07. The van der Waals surface area contributed by atoms with E-state index in [1.54, 1.807) is 24.9 Å². The number of thioether (sulfide) groups is 1. The summed E-state index contributed by atoms with van der Waals surface area (Å²) in [5.74, 6) is -0.178. The molecule has 1 aliphatic heterocycles. The highest BCUT2D eigenvalue weighted by atomic mass is 32.2. The normalized spacial score (nSPS) is 14.4. The predicted molar refractivity (Wildman–Crippen MR) is 80.3 cm³/mol. The molecule has 0 fully saturated rings. The van der Waals surface area contributed by atoms with E-state index in [9.17, 15) is 9.59 Å². The summed E-state index contributed by atoms with van der Waals surface area (Å²) in [7, 11) is 1.57. The lowest BCUT2D eigenvalue weighted by molar-refractivity contribution is -0.137. The molecule has 1 aliphatic rings. The minimum atomic E-state index is -0.443. The number of imide groups is 1. The standard InChI is InChI=1S/C14H16N2O4S/c1-20-11-7-9(3-4-12(11)21-2)15-10-8-13(18)16(5-6-17)14(10)19/h3-4,7-8,15,17H,5-6H2,1-2H3. The number of benzene rings is 1. The van der Waals surface area contributed by atoms with Crippen LogP contribution in [0.25, 0.3) is 0 Å². The minimum Gasteiger partial charge on any atom is -0.496 e. The van der Waals surface area contributed by atoms with Gasteiger partial charge < -0.3 is 15.2 Å². The van der Waals surface area contributed by atoms with Gasteiger partial charge in [-0.2, -0.15) is 0 Å². The van der Waals surface area contributed by atoms with Crippen molar-refractivity contribution in [2.75, 3.05) is 31.8 Å². The van der Waals surface area contributed by atoms with Crippen LogP contribution in [0, 0.1) is 0 Å². The Kier molecular flexibility index (Phi) is 4.87. The van der Waals surface area contributed by atoms with E-state index < -0.39 is 11.8 Å². The smallest absolute Gasteiger partial charge is 0.277 e. The van der Waals surface area contributed by atoms with Crippen LogP contribution in [-0.2, 0) is 9.59 Å². The highest BCUT2D eigenvalue weighted by molar-refractivity contribution is 7.98. The molecule has 112 valence electrons. The lowest BCUT2D eigenvalue weighted by atomic mass is 10.3. The first-order valence-corrected chi connectivity index (χ1v) is 7.50. The number of aliphatic hydroxyl groups excluding tert-OH is 1. The fourth-order valence-electron chi connectivity index (χ4n) is 1.98. The van der Waals surface area contributed by atoms with Crippen molar-refractivity contribution in [2.45, 2.75) is 4.90 Å². The Labute approximate surface area is 126 Å². The molecule has 0 saturated heterocycles. The molecule has 6 nitrogen and oxygen atoms in total. The summed E-state index contributed by atoms with van der Waals surface area (Å²) in [5, 5.41) is 11.8. The van der Waals surface area contributed by atoms with Crippen LogP contribution in [0.1, 0.15) is 0 Å². The molecule has 0 aliphatic carbocycles. The highest BCUT2D eigenvalue weighted by Gasteiger charge is 2.30. The zero-order chi connectivity index (χ0) is 15.4. The summed E-state index contributed by atoms with van der Waals surface area (Å²) in [6.07, 6.45) is 3.17. The Morgan fingerprint density at radius 2 is 2.14 bits per heavy atom. The molecular formula is C14H16N2O4S. The van der Waals surface area contributed by atoms with Crippen molar-refractivity contribution in [2.24, 2.45) is 0 Å². The van der Waals surface area contributed by atoms with Gasteiger partial charge in [0.05, 0.1) is 20.3 Å². The zero-order valence-corrected chi connectivity index (χ0v) is 12.6. The summed E-state index contributed by atoms with van der Waals surface area (Å²) in [6, 6.07) is 5.44. The molecule has 0 atom stereocenters. The number of amides is 2. The van der Waals surface area contributed by atoms with Gasteiger partial charge in [-0.05, 0) is 18.4 Å². The maximum Gasteiger partial charge on any atom is 0.277 e. The molecule has 0 unspecified atom stereocenters. The first-order chi connectivity index (χ1) is 10.1. The molecular weight excluding hydrogens is 292 g/mol. The van der Waals surface area contributed by atoms with E-state index in [4.69, 9.17) is 9.84 Å². The average Bonchev–Trinajstić information content (AvgIpc) is 2.75. The number of hydrogen-bond donors (Lipinski definition) is 2. The number of anilines is 1. The van der Waals surface area contributed by atoms with Gasteiger partial charge in [0, 0.05) is 22.7 Å². The summed E-state index contributed by atoms with van der Waals surface area (Å²) in [5.41, 5.74) is 0.843. The van der Waals surface area contributed by atoms with E-state index in [1.807, 2.05) is 18.4 Å². The lowest BCUT2D eigenvalue weighted by Crippen LogP contribution is -2.34. The first kappa shape index (κ1) is 15.4. The average molecular weight is 308 g/mol. The SMILES string of the molecule is COc1cc(NC2=CC(=O)N(CCO)C2=O)ccc1SC. The van der Waals surface area contributed by atoms with Crippen molar-refractivity contribution in [1.82, 2.24) is 4.90 Å². The molecule has 1 heterocycles. The molecule has 1 aromatic carbocycles. The van der Waals surface area contributed by atoms with Crippen LogP contribution < -0.4 is 10.1 Å². The van der Waals surface area contributed by atoms with E-state index in [2.05, 4.69) is 5.32 Å². The third-order valence-electron chi connectivity index (χ3n) is 3.00. The van der Waals surface area contributed by atoms with E-state index in [1.165, 1.54) is 6.08 Å². The third kappa shape index (κ3) is 3.20. The van der Waals surface area contributed by atoms with E-state index in [-0.39, 0.29) is 18.8 Å². The summed E-state index contributed by atoms with van der Waals surface area (Å²) in [4.78, 5) is 25.6. The Bertz CT molecular complexity index is 601. The first-order valence-electron chi connectivity index (χ1n) is 6.28. The zero-order valence-electron chi connectivity index (χ0n) is 11.8. The molecule has 0 bridgehead atoms. The van der Waals surface area contributed by atoms with Crippen molar-refractivity contribution in [3.63, 3.8) is 0 Å². The number of aliphatic hydroxyl groups is 1. The van der Waals surface area contributed by atoms with Gasteiger partial charge in [-0.1, -0.05) is 0 Å². The summed E-state index contributed by atoms with van der Waals surface area (Å²) < 4.78 is 5.27. The second-order valence-corrected chi connectivity index (χ2v) is 5.12. The number of rotatable bonds is 6. The summed E-state index contributed by atoms with van der Waals surface area (Å²) in [6.45, 7) is -0.261. The van der Waals surface area contributed by atoms with Gasteiger partial charge >= 0.3 is 0 Å². The van der Waals surface area contributed by atoms with E-state index in [0.717, 1.165) is 9.80 Å². The lowest BCUT2D eigenvalue weighted by Gasteiger charge is -2.14. The molecule has 2 rings (SSSR count). The van der Waals surface area contributed by atoms with Crippen LogP contribution in [0.2, 0.25) is 0 Å². The maximum absolute atomic E-state index is 12.0. The molecule has 0 spiro atoms. The number of ether oxygens (including phenoxy) is 1. The number of methoxy groups -OCH3 is 1. The Hall–Kier alpha value is -1.99. The fraction of sp³-hybridized carbons (Fsp3) is 0.286. The van der Waals surface area contributed by atoms with E-state index in [0.29, 0.717) is 11.4 Å². The minimum absolute atomic E-state index is 0.00587. The Morgan fingerprint density at radius 3 is 2.76 bits per heavy atom.